The third-order valence-electron chi connectivity index (χ3n) is 3.22. The fourth-order valence-corrected chi connectivity index (χ4v) is 2.14. The number of hydrogen-bond acceptors (Lipinski definition) is 2. The lowest BCUT2D eigenvalue weighted by Gasteiger charge is -2.06. The maximum atomic E-state index is 13.9. The first-order valence-electron chi connectivity index (χ1n) is 6.17. The molecule has 102 valence electrons. The molecule has 0 aliphatic heterocycles. The Bertz CT molecular complexity index is 591. The first-order chi connectivity index (χ1) is 9.04. The Morgan fingerprint density at radius 3 is 2.68 bits per heavy atom. The zero-order chi connectivity index (χ0) is 14.0. The molecule has 1 N–H and O–H groups in total. The van der Waals surface area contributed by atoms with E-state index in [0.29, 0.717) is 12.0 Å². The molecule has 0 spiro atoms. The van der Waals surface area contributed by atoms with Crippen LogP contribution in [0.25, 0.3) is 11.1 Å². The fraction of sp³-hybridized carbons (Fsp3) is 0.357. The number of nitrogens with zero attached hydrogens (tertiary/aromatic N) is 2. The van der Waals surface area contributed by atoms with Crippen LogP contribution in [0.2, 0.25) is 0 Å². The van der Waals surface area contributed by atoms with Crippen LogP contribution >= 0.6 is 0 Å². The predicted octanol–water partition coefficient (Wildman–Crippen LogP) is 2.44. The highest BCUT2D eigenvalue weighted by Crippen LogP contribution is 2.29. The molecule has 0 fully saturated rings. The number of hydrogen-bond donors (Lipinski definition) is 1. The van der Waals surface area contributed by atoms with Gasteiger partial charge in [-0.05, 0) is 26.1 Å². The highest BCUT2D eigenvalue weighted by molar-refractivity contribution is 5.69. The van der Waals surface area contributed by atoms with E-state index < -0.39 is 11.6 Å². The molecule has 5 heteroatoms. The molecular weight excluding hydrogens is 248 g/mol. The lowest BCUT2D eigenvalue weighted by atomic mass is 10.0. The van der Waals surface area contributed by atoms with Crippen molar-refractivity contribution in [2.45, 2.75) is 13.3 Å². The molecule has 2 aromatic rings. The Hall–Kier alpha value is -1.75. The van der Waals surface area contributed by atoms with Crippen LogP contribution in [0.4, 0.5) is 8.78 Å². The zero-order valence-electron chi connectivity index (χ0n) is 11.3. The van der Waals surface area contributed by atoms with Gasteiger partial charge in [0, 0.05) is 42.9 Å². The molecule has 1 aromatic heterocycles. The Balaban J connectivity index is 2.53. The van der Waals surface area contributed by atoms with E-state index in [1.807, 2.05) is 21.0 Å². The lowest BCUT2D eigenvalue weighted by Crippen LogP contribution is -2.11. The van der Waals surface area contributed by atoms with Gasteiger partial charge in [0.15, 0.2) is 0 Å². The van der Waals surface area contributed by atoms with Gasteiger partial charge in [0.25, 0.3) is 0 Å². The van der Waals surface area contributed by atoms with E-state index in [0.717, 1.165) is 29.6 Å². The van der Waals surface area contributed by atoms with Crippen LogP contribution in [0.5, 0.6) is 0 Å². The number of halogens is 2. The van der Waals surface area contributed by atoms with Gasteiger partial charge in [-0.15, -0.1) is 0 Å². The minimum absolute atomic E-state index is 0.401. The number of benzene rings is 1. The third kappa shape index (κ3) is 2.66. The van der Waals surface area contributed by atoms with E-state index in [1.165, 1.54) is 12.1 Å². The monoisotopic (exact) mass is 265 g/mol. The van der Waals surface area contributed by atoms with E-state index in [2.05, 4.69) is 10.4 Å². The van der Waals surface area contributed by atoms with Crippen LogP contribution in [0.1, 0.15) is 11.4 Å². The topological polar surface area (TPSA) is 29.9 Å². The van der Waals surface area contributed by atoms with E-state index in [1.54, 1.807) is 4.68 Å². The van der Waals surface area contributed by atoms with Gasteiger partial charge in [-0.1, -0.05) is 0 Å². The molecule has 0 saturated carbocycles. The molecule has 19 heavy (non-hydrogen) atoms. The van der Waals surface area contributed by atoms with Gasteiger partial charge in [0.1, 0.15) is 11.6 Å². The average Bonchev–Trinajstić information content (AvgIpc) is 2.64. The summed E-state index contributed by atoms with van der Waals surface area (Å²) in [6.45, 7) is 2.64. The molecule has 0 radical (unpaired) electrons. The van der Waals surface area contributed by atoms with Gasteiger partial charge in [0.2, 0.25) is 0 Å². The van der Waals surface area contributed by atoms with E-state index in [9.17, 15) is 8.78 Å². The van der Waals surface area contributed by atoms with Crippen LogP contribution < -0.4 is 5.32 Å². The van der Waals surface area contributed by atoms with Crippen molar-refractivity contribution in [1.82, 2.24) is 15.1 Å². The summed E-state index contributed by atoms with van der Waals surface area (Å²) in [6.07, 6.45) is 0.699. The molecule has 0 atom stereocenters. The largest absolute Gasteiger partial charge is 0.319 e. The van der Waals surface area contributed by atoms with Crippen molar-refractivity contribution in [3.05, 3.63) is 41.2 Å². The highest BCUT2D eigenvalue weighted by Gasteiger charge is 2.17. The highest BCUT2D eigenvalue weighted by atomic mass is 19.1. The van der Waals surface area contributed by atoms with Crippen molar-refractivity contribution in [3.63, 3.8) is 0 Å². The molecule has 0 aliphatic rings. The summed E-state index contributed by atoms with van der Waals surface area (Å²) >= 11 is 0. The molecule has 0 aliphatic carbocycles. The SMILES string of the molecule is CNCCc1nn(C)c(C)c1-c1ccc(F)cc1F. The second-order valence-corrected chi connectivity index (χ2v) is 4.51. The molecule has 2 rings (SSSR count). The Morgan fingerprint density at radius 1 is 1.32 bits per heavy atom. The maximum absolute atomic E-state index is 13.9. The first-order valence-corrected chi connectivity index (χ1v) is 6.17. The fourth-order valence-electron chi connectivity index (χ4n) is 2.14. The first kappa shape index (κ1) is 13.7. The number of nitrogens with one attached hydrogen (secondary N) is 1. The Labute approximate surface area is 111 Å². The molecule has 0 unspecified atom stereocenters. The normalized spacial score (nSPS) is 11.0. The van der Waals surface area contributed by atoms with E-state index in [4.69, 9.17) is 0 Å². The average molecular weight is 265 g/mol. The minimum Gasteiger partial charge on any atom is -0.319 e. The second-order valence-electron chi connectivity index (χ2n) is 4.51. The quantitative estimate of drug-likeness (QED) is 0.920. The van der Waals surface area contributed by atoms with Crippen molar-refractivity contribution < 1.29 is 8.78 Å². The van der Waals surface area contributed by atoms with Crippen LogP contribution in [0, 0.1) is 18.6 Å². The summed E-state index contributed by atoms with van der Waals surface area (Å²) in [4.78, 5) is 0. The minimum atomic E-state index is -0.570. The van der Waals surface area contributed by atoms with Crippen molar-refractivity contribution in [1.29, 1.82) is 0 Å². The van der Waals surface area contributed by atoms with Crippen LogP contribution in [-0.2, 0) is 13.5 Å². The number of aromatic nitrogens is 2. The summed E-state index contributed by atoms with van der Waals surface area (Å²) < 4.78 is 28.7. The van der Waals surface area contributed by atoms with Crippen molar-refractivity contribution in [2.75, 3.05) is 13.6 Å². The molecule has 0 bridgehead atoms. The van der Waals surface area contributed by atoms with Crippen LogP contribution in [0.15, 0.2) is 18.2 Å². The summed E-state index contributed by atoms with van der Waals surface area (Å²) in [5.74, 6) is -1.12. The molecule has 3 nitrogen and oxygen atoms in total. The van der Waals surface area contributed by atoms with Gasteiger partial charge < -0.3 is 5.32 Å². The lowest BCUT2D eigenvalue weighted by molar-refractivity contribution is 0.585. The molecular formula is C14H17F2N3. The smallest absolute Gasteiger partial charge is 0.134 e. The molecule has 0 saturated heterocycles. The van der Waals surface area contributed by atoms with Gasteiger partial charge in [-0.25, -0.2) is 8.78 Å². The van der Waals surface area contributed by atoms with E-state index >= 15 is 0 Å². The van der Waals surface area contributed by atoms with Gasteiger partial charge in [-0.3, -0.25) is 4.68 Å². The van der Waals surface area contributed by atoms with Gasteiger partial charge >= 0.3 is 0 Å². The number of rotatable bonds is 4. The second kappa shape index (κ2) is 5.48. The van der Waals surface area contributed by atoms with Crippen LogP contribution in [-0.4, -0.2) is 23.4 Å². The summed E-state index contributed by atoms with van der Waals surface area (Å²) in [5, 5.41) is 7.45. The van der Waals surface area contributed by atoms with Gasteiger partial charge in [-0.2, -0.15) is 5.10 Å². The standard InChI is InChI=1S/C14H17F2N3/c1-9-14(11-5-4-10(15)8-12(11)16)13(6-7-17-2)18-19(9)3/h4-5,8,17H,6-7H2,1-3H3. The molecule has 1 aromatic carbocycles. The number of likely N-dealkylation sites (N-methyl/N-ethyl adjacent to an activating group) is 1. The Kier molecular flexibility index (Phi) is 3.95. The molecule has 0 amide bonds. The van der Waals surface area contributed by atoms with E-state index in [-0.39, 0.29) is 0 Å². The Morgan fingerprint density at radius 2 is 2.05 bits per heavy atom. The van der Waals surface area contributed by atoms with Crippen molar-refractivity contribution in [2.24, 2.45) is 7.05 Å². The molecule has 1 heterocycles. The van der Waals surface area contributed by atoms with Crippen LogP contribution in [0.3, 0.4) is 0 Å². The summed E-state index contributed by atoms with van der Waals surface area (Å²) in [6, 6.07) is 3.65. The summed E-state index contributed by atoms with van der Waals surface area (Å²) in [5.41, 5.74) is 2.85. The third-order valence-corrected chi connectivity index (χ3v) is 3.22. The van der Waals surface area contributed by atoms with Crippen molar-refractivity contribution in [3.8, 4) is 11.1 Å². The zero-order valence-corrected chi connectivity index (χ0v) is 11.3. The van der Waals surface area contributed by atoms with Gasteiger partial charge in [0.05, 0.1) is 5.69 Å². The number of aryl methyl sites for hydroxylation is 1. The van der Waals surface area contributed by atoms with Crippen molar-refractivity contribution >= 4 is 0 Å². The summed E-state index contributed by atoms with van der Waals surface area (Å²) in [7, 11) is 3.68. The predicted molar refractivity (Wildman–Crippen MR) is 70.9 cm³/mol. The maximum Gasteiger partial charge on any atom is 0.134 e.